The van der Waals surface area contributed by atoms with Gasteiger partial charge in [-0.2, -0.15) is 0 Å². The summed E-state index contributed by atoms with van der Waals surface area (Å²) in [6.45, 7) is 4.65. The normalized spacial score (nSPS) is 15.9. The topological polar surface area (TPSA) is 69.3 Å². The molecule has 7 nitrogen and oxygen atoms in total. The minimum absolute atomic E-state index is 0.0920. The Morgan fingerprint density at radius 3 is 2.29 bits per heavy atom. The molecule has 1 aliphatic heterocycles. The number of unbranched alkanes of at least 4 members (excludes halogenated alkanes) is 1. The molecule has 1 fully saturated rings. The van der Waals surface area contributed by atoms with E-state index in [2.05, 4.69) is 17.1 Å². The van der Waals surface area contributed by atoms with Crippen molar-refractivity contribution in [3.8, 4) is 17.2 Å². The van der Waals surface area contributed by atoms with Crippen LogP contribution in [0.1, 0.15) is 43.0 Å². The highest BCUT2D eigenvalue weighted by Crippen LogP contribution is 2.38. The number of carbonyl (C=O) groups is 1. The van der Waals surface area contributed by atoms with Gasteiger partial charge in [-0.1, -0.05) is 13.3 Å². The zero-order valence-electron chi connectivity index (χ0n) is 17.8. The first-order chi connectivity index (χ1) is 13.5. The van der Waals surface area contributed by atoms with Gasteiger partial charge in [-0.05, 0) is 45.5 Å². The second kappa shape index (κ2) is 10.5. The fraction of sp³-hybridized carbons (Fsp3) is 0.667. The smallest absolute Gasteiger partial charge is 0.251 e. The van der Waals surface area contributed by atoms with Crippen LogP contribution in [0.3, 0.4) is 0 Å². The van der Waals surface area contributed by atoms with Gasteiger partial charge in [0.05, 0.1) is 20.8 Å². The lowest BCUT2D eigenvalue weighted by Gasteiger charge is -2.42. The van der Waals surface area contributed by atoms with Crippen molar-refractivity contribution in [2.75, 3.05) is 54.7 Å². The maximum absolute atomic E-state index is 12.8. The van der Waals surface area contributed by atoms with E-state index >= 15 is 0 Å². The molecule has 0 unspecified atom stereocenters. The van der Waals surface area contributed by atoms with Crippen molar-refractivity contribution in [2.24, 2.45) is 0 Å². The molecule has 1 aliphatic rings. The Morgan fingerprint density at radius 1 is 1.18 bits per heavy atom. The summed E-state index contributed by atoms with van der Waals surface area (Å²) in [6, 6.07) is 3.40. The molecule has 0 saturated carbocycles. The summed E-state index contributed by atoms with van der Waals surface area (Å²) in [5, 5.41) is 3.08. The Balaban J connectivity index is 2.15. The maximum Gasteiger partial charge on any atom is 0.251 e. The van der Waals surface area contributed by atoms with Crippen LogP contribution in [0.2, 0.25) is 0 Å². The van der Waals surface area contributed by atoms with Crippen molar-refractivity contribution in [1.82, 2.24) is 10.2 Å². The van der Waals surface area contributed by atoms with Gasteiger partial charge in [0.25, 0.3) is 5.91 Å². The largest absolute Gasteiger partial charge is 0.493 e. The zero-order chi connectivity index (χ0) is 20.6. The molecular formula is C21H34N2O5. The molecule has 1 heterocycles. The molecule has 0 spiro atoms. The molecule has 0 radical (unpaired) electrons. The van der Waals surface area contributed by atoms with Crippen LogP contribution < -0.4 is 19.5 Å². The van der Waals surface area contributed by atoms with Crippen LogP contribution in [0.15, 0.2) is 12.1 Å². The lowest BCUT2D eigenvalue weighted by atomic mass is 9.88. The molecular weight excluding hydrogens is 360 g/mol. The first kappa shape index (κ1) is 22.3. The number of hydrogen-bond donors (Lipinski definition) is 1. The third-order valence-corrected chi connectivity index (χ3v) is 5.42. The number of nitrogens with one attached hydrogen (secondary N) is 1. The van der Waals surface area contributed by atoms with Crippen molar-refractivity contribution < 1.29 is 23.7 Å². The van der Waals surface area contributed by atoms with Crippen LogP contribution in [0.25, 0.3) is 0 Å². The summed E-state index contributed by atoms with van der Waals surface area (Å²) in [6.07, 6.45) is 3.74. The van der Waals surface area contributed by atoms with Crippen molar-refractivity contribution >= 4 is 5.91 Å². The Morgan fingerprint density at radius 2 is 1.79 bits per heavy atom. The van der Waals surface area contributed by atoms with E-state index in [-0.39, 0.29) is 11.4 Å². The van der Waals surface area contributed by atoms with Gasteiger partial charge in [-0.3, -0.25) is 4.79 Å². The Labute approximate surface area is 168 Å². The molecule has 158 valence electrons. The summed E-state index contributed by atoms with van der Waals surface area (Å²) in [4.78, 5) is 15.0. The SMILES string of the molecule is CCCCOc1c(OC)cc(C(=O)NCC2(N(C)C)CCOCC2)cc1OC. The standard InChI is InChI=1S/C21H34N2O5/c1-6-7-10-28-19-17(25-4)13-16(14-18(19)26-5)20(24)22-15-21(23(2)3)8-11-27-12-9-21/h13-14H,6-12,15H2,1-5H3,(H,22,24). The highest BCUT2D eigenvalue weighted by Gasteiger charge is 2.35. The highest BCUT2D eigenvalue weighted by molar-refractivity contribution is 5.95. The van der Waals surface area contributed by atoms with Gasteiger partial charge < -0.3 is 29.2 Å². The summed E-state index contributed by atoms with van der Waals surface area (Å²) < 4.78 is 22.2. The molecule has 0 aliphatic carbocycles. The quantitative estimate of drug-likeness (QED) is 0.616. The summed E-state index contributed by atoms with van der Waals surface area (Å²) in [7, 11) is 7.22. The predicted octanol–water partition coefficient (Wildman–Crippen LogP) is 2.72. The highest BCUT2D eigenvalue weighted by atomic mass is 16.5. The Bertz CT molecular complexity index is 617. The monoisotopic (exact) mass is 394 g/mol. The van der Waals surface area contributed by atoms with Crippen LogP contribution in [0, 0.1) is 0 Å². The average molecular weight is 395 g/mol. The number of amides is 1. The van der Waals surface area contributed by atoms with E-state index in [1.165, 1.54) is 0 Å². The number of nitrogens with zero attached hydrogens (tertiary/aromatic N) is 1. The van der Waals surface area contributed by atoms with Gasteiger partial charge in [-0.15, -0.1) is 0 Å². The molecule has 1 amide bonds. The molecule has 7 heteroatoms. The molecule has 1 N–H and O–H groups in total. The van der Waals surface area contributed by atoms with Crippen molar-refractivity contribution in [2.45, 2.75) is 38.1 Å². The van der Waals surface area contributed by atoms with E-state index in [0.29, 0.717) is 49.2 Å². The first-order valence-electron chi connectivity index (χ1n) is 9.89. The average Bonchev–Trinajstić information content (AvgIpc) is 2.72. The zero-order valence-corrected chi connectivity index (χ0v) is 17.8. The van der Waals surface area contributed by atoms with Gasteiger partial charge in [0, 0.05) is 30.9 Å². The molecule has 28 heavy (non-hydrogen) atoms. The Kier molecular flexibility index (Phi) is 8.38. The van der Waals surface area contributed by atoms with E-state index in [0.717, 1.165) is 25.7 Å². The van der Waals surface area contributed by atoms with E-state index in [4.69, 9.17) is 18.9 Å². The minimum Gasteiger partial charge on any atom is -0.493 e. The molecule has 0 aromatic heterocycles. The van der Waals surface area contributed by atoms with Gasteiger partial charge in [0.15, 0.2) is 11.5 Å². The Hall–Kier alpha value is -1.99. The van der Waals surface area contributed by atoms with Gasteiger partial charge in [0.1, 0.15) is 0 Å². The summed E-state index contributed by atoms with van der Waals surface area (Å²) >= 11 is 0. The first-order valence-corrected chi connectivity index (χ1v) is 9.89. The second-order valence-corrected chi connectivity index (χ2v) is 7.33. The second-order valence-electron chi connectivity index (χ2n) is 7.33. The number of methoxy groups -OCH3 is 2. The van der Waals surface area contributed by atoms with Gasteiger partial charge in [0.2, 0.25) is 5.75 Å². The number of ether oxygens (including phenoxy) is 4. The molecule has 1 aromatic rings. The molecule has 2 rings (SSSR count). The fourth-order valence-electron chi connectivity index (χ4n) is 3.35. The lowest BCUT2D eigenvalue weighted by Crippen LogP contribution is -2.55. The van der Waals surface area contributed by atoms with Crippen LogP contribution in [-0.4, -0.2) is 71.0 Å². The number of likely N-dealkylation sites (N-methyl/N-ethyl adjacent to an activating group) is 1. The van der Waals surface area contributed by atoms with Crippen LogP contribution in [0.5, 0.6) is 17.2 Å². The molecule has 1 aromatic carbocycles. The van der Waals surface area contributed by atoms with Gasteiger partial charge >= 0.3 is 0 Å². The third kappa shape index (κ3) is 5.29. The van der Waals surface area contributed by atoms with Crippen molar-refractivity contribution in [3.05, 3.63) is 17.7 Å². The van der Waals surface area contributed by atoms with E-state index in [1.54, 1.807) is 26.4 Å². The molecule has 0 bridgehead atoms. The van der Waals surface area contributed by atoms with Gasteiger partial charge in [-0.25, -0.2) is 0 Å². The summed E-state index contributed by atoms with van der Waals surface area (Å²) in [5.41, 5.74) is 0.392. The van der Waals surface area contributed by atoms with Crippen molar-refractivity contribution in [3.63, 3.8) is 0 Å². The van der Waals surface area contributed by atoms with Crippen LogP contribution in [0.4, 0.5) is 0 Å². The number of rotatable bonds is 10. The number of benzene rings is 1. The van der Waals surface area contributed by atoms with E-state index in [9.17, 15) is 4.79 Å². The minimum atomic E-state index is -0.163. The number of hydrogen-bond acceptors (Lipinski definition) is 6. The lowest BCUT2D eigenvalue weighted by molar-refractivity contribution is -0.00658. The third-order valence-electron chi connectivity index (χ3n) is 5.42. The van der Waals surface area contributed by atoms with E-state index in [1.807, 2.05) is 14.1 Å². The summed E-state index contributed by atoms with van der Waals surface area (Å²) in [5.74, 6) is 1.36. The molecule has 0 atom stereocenters. The maximum atomic E-state index is 12.8. The molecule has 1 saturated heterocycles. The fourth-order valence-corrected chi connectivity index (χ4v) is 3.35. The van der Waals surface area contributed by atoms with Crippen LogP contribution in [-0.2, 0) is 4.74 Å². The van der Waals surface area contributed by atoms with Crippen LogP contribution >= 0.6 is 0 Å². The van der Waals surface area contributed by atoms with Crippen molar-refractivity contribution in [1.29, 1.82) is 0 Å². The predicted molar refractivity (Wildman–Crippen MR) is 109 cm³/mol. The number of carbonyl (C=O) groups excluding carboxylic acids is 1. The van der Waals surface area contributed by atoms with E-state index < -0.39 is 0 Å².